The highest BCUT2D eigenvalue weighted by Gasteiger charge is 2.51. The largest absolute Gasteiger partial charge is 0.323 e. The molecule has 2 unspecified atom stereocenters. The Morgan fingerprint density at radius 1 is 0.893 bits per heavy atom. The molecule has 2 aromatic carbocycles. The highest BCUT2D eigenvalue weighted by molar-refractivity contribution is 6.44. The van der Waals surface area contributed by atoms with Gasteiger partial charge in [0.2, 0.25) is 5.78 Å². The Hall–Kier alpha value is -3.60. The molecule has 1 aliphatic rings. The van der Waals surface area contributed by atoms with Crippen LogP contribution in [0, 0.1) is 5.92 Å². The second-order valence-corrected chi connectivity index (χ2v) is 6.72. The number of likely N-dealkylation sites (tertiary alicyclic amines) is 1. The van der Waals surface area contributed by atoms with E-state index in [1.807, 2.05) is 42.5 Å². The molecule has 28 heavy (non-hydrogen) atoms. The van der Waals surface area contributed by atoms with E-state index in [0.29, 0.717) is 5.56 Å². The van der Waals surface area contributed by atoms with Gasteiger partial charge in [0.25, 0.3) is 5.91 Å². The number of carbonyl (C=O) groups is 3. The Morgan fingerprint density at radius 3 is 2.21 bits per heavy atom. The molecular formula is C23H18N2O3. The van der Waals surface area contributed by atoms with E-state index < -0.39 is 23.7 Å². The molecule has 5 heteroatoms. The van der Waals surface area contributed by atoms with Crippen molar-refractivity contribution in [1.29, 1.82) is 0 Å². The first-order chi connectivity index (χ1) is 13.7. The molecule has 1 amide bonds. The average molecular weight is 370 g/mol. The fraction of sp³-hybridized carbons (Fsp3) is 0.130. The summed E-state index contributed by atoms with van der Waals surface area (Å²) in [7, 11) is 0. The van der Waals surface area contributed by atoms with Gasteiger partial charge in [-0.2, -0.15) is 0 Å². The lowest BCUT2D eigenvalue weighted by molar-refractivity contribution is -0.141. The lowest BCUT2D eigenvalue weighted by Crippen LogP contribution is -2.30. The van der Waals surface area contributed by atoms with Gasteiger partial charge in [0, 0.05) is 24.5 Å². The predicted molar refractivity (Wildman–Crippen MR) is 103 cm³/mol. The zero-order valence-electron chi connectivity index (χ0n) is 15.1. The number of amides is 1. The molecule has 0 bridgehead atoms. The Kier molecular flexibility index (Phi) is 4.81. The number of pyridine rings is 1. The van der Waals surface area contributed by atoms with E-state index in [0.717, 1.165) is 11.1 Å². The number of benzene rings is 2. The van der Waals surface area contributed by atoms with Crippen molar-refractivity contribution < 1.29 is 14.4 Å². The first-order valence-electron chi connectivity index (χ1n) is 9.05. The van der Waals surface area contributed by atoms with Gasteiger partial charge in [-0.05, 0) is 17.2 Å². The third-order valence-corrected chi connectivity index (χ3v) is 4.96. The smallest absolute Gasteiger partial charge is 0.291 e. The van der Waals surface area contributed by atoms with Crippen LogP contribution in [-0.2, 0) is 16.1 Å². The van der Waals surface area contributed by atoms with Gasteiger partial charge >= 0.3 is 0 Å². The lowest BCUT2D eigenvalue weighted by atomic mass is 9.86. The second-order valence-electron chi connectivity index (χ2n) is 6.72. The Balaban J connectivity index is 1.77. The first-order valence-corrected chi connectivity index (χ1v) is 9.05. The van der Waals surface area contributed by atoms with Crippen LogP contribution in [0.15, 0.2) is 85.2 Å². The maximum Gasteiger partial charge on any atom is 0.291 e. The Morgan fingerprint density at radius 2 is 1.57 bits per heavy atom. The molecule has 3 aromatic rings. The maximum absolute atomic E-state index is 13.2. The summed E-state index contributed by atoms with van der Waals surface area (Å²) in [6.45, 7) is 0.219. The van der Waals surface area contributed by atoms with Gasteiger partial charge < -0.3 is 4.90 Å². The molecule has 0 spiro atoms. The van der Waals surface area contributed by atoms with Gasteiger partial charge in [-0.3, -0.25) is 19.4 Å². The number of rotatable bonds is 5. The highest BCUT2D eigenvalue weighted by atomic mass is 16.2. The number of carbonyl (C=O) groups excluding carboxylic acids is 3. The molecule has 1 fully saturated rings. The van der Waals surface area contributed by atoms with Gasteiger partial charge in [0.05, 0.1) is 6.04 Å². The molecule has 0 saturated carbocycles. The minimum absolute atomic E-state index is 0.219. The summed E-state index contributed by atoms with van der Waals surface area (Å²) in [6, 6.07) is 20.9. The molecule has 4 rings (SSSR count). The van der Waals surface area contributed by atoms with Crippen molar-refractivity contribution in [3.8, 4) is 0 Å². The van der Waals surface area contributed by atoms with E-state index in [2.05, 4.69) is 4.98 Å². The third kappa shape index (κ3) is 3.22. The van der Waals surface area contributed by atoms with Crippen LogP contribution < -0.4 is 0 Å². The van der Waals surface area contributed by atoms with Gasteiger partial charge in [0.15, 0.2) is 5.78 Å². The van der Waals surface area contributed by atoms with Crippen LogP contribution in [0.25, 0.3) is 0 Å². The van der Waals surface area contributed by atoms with Crippen molar-refractivity contribution in [1.82, 2.24) is 9.88 Å². The summed E-state index contributed by atoms with van der Waals surface area (Å²) < 4.78 is 0. The van der Waals surface area contributed by atoms with Crippen LogP contribution >= 0.6 is 0 Å². The minimum Gasteiger partial charge on any atom is -0.323 e. The number of aromatic nitrogens is 1. The van der Waals surface area contributed by atoms with Crippen LogP contribution in [0.1, 0.15) is 27.5 Å². The summed E-state index contributed by atoms with van der Waals surface area (Å²) in [5.74, 6) is -2.69. The number of Topliss-reactive ketones (excluding diaryl/α,β-unsaturated/α-hetero) is 2. The summed E-state index contributed by atoms with van der Waals surface area (Å²) in [6.07, 6.45) is 3.31. The minimum atomic E-state index is -1.06. The molecule has 138 valence electrons. The van der Waals surface area contributed by atoms with Gasteiger partial charge in [-0.25, -0.2) is 0 Å². The Bertz CT molecular complexity index is 1000. The van der Waals surface area contributed by atoms with Gasteiger partial charge in [-0.15, -0.1) is 0 Å². The molecule has 1 aliphatic heterocycles. The number of ketones is 2. The van der Waals surface area contributed by atoms with E-state index in [1.165, 1.54) is 4.90 Å². The van der Waals surface area contributed by atoms with Gasteiger partial charge in [-0.1, -0.05) is 66.7 Å². The standard InChI is InChI=1S/C23H18N2O3/c26-21(18-11-5-2-6-12-18)19-20(17-9-3-1-4-10-17)25(23(28)22(19)27)15-16-8-7-13-24-14-16/h1-14,19-20H,15H2. The zero-order chi connectivity index (χ0) is 19.5. The number of hydrogen-bond donors (Lipinski definition) is 0. The highest BCUT2D eigenvalue weighted by Crippen LogP contribution is 2.39. The van der Waals surface area contributed by atoms with Crippen molar-refractivity contribution in [3.05, 3.63) is 102 Å². The fourth-order valence-electron chi connectivity index (χ4n) is 3.65. The molecule has 2 atom stereocenters. The van der Waals surface area contributed by atoms with Crippen molar-refractivity contribution in [2.75, 3.05) is 0 Å². The monoisotopic (exact) mass is 370 g/mol. The van der Waals surface area contributed by atoms with Crippen LogP contribution in [0.5, 0.6) is 0 Å². The SMILES string of the molecule is O=C1C(=O)N(Cc2cccnc2)C(c2ccccc2)C1C(=O)c1ccccc1. The summed E-state index contributed by atoms with van der Waals surface area (Å²) in [5.41, 5.74) is 2.00. The van der Waals surface area contributed by atoms with Crippen molar-refractivity contribution >= 4 is 17.5 Å². The molecule has 2 heterocycles. The molecule has 0 N–H and O–H groups in total. The quantitative estimate of drug-likeness (QED) is 0.393. The van der Waals surface area contributed by atoms with Crippen LogP contribution in [0.2, 0.25) is 0 Å². The van der Waals surface area contributed by atoms with Crippen molar-refractivity contribution in [3.63, 3.8) is 0 Å². The molecule has 0 aliphatic carbocycles. The summed E-state index contributed by atoms with van der Waals surface area (Å²) in [5, 5.41) is 0. The molecule has 1 saturated heterocycles. The maximum atomic E-state index is 13.2. The van der Waals surface area contributed by atoms with Crippen LogP contribution in [-0.4, -0.2) is 27.4 Å². The van der Waals surface area contributed by atoms with E-state index in [1.54, 1.807) is 42.7 Å². The normalized spacial score (nSPS) is 19.1. The van der Waals surface area contributed by atoms with E-state index in [9.17, 15) is 14.4 Å². The molecule has 5 nitrogen and oxygen atoms in total. The fourth-order valence-corrected chi connectivity index (χ4v) is 3.65. The third-order valence-electron chi connectivity index (χ3n) is 4.96. The molecule has 1 aromatic heterocycles. The van der Waals surface area contributed by atoms with Crippen molar-refractivity contribution in [2.24, 2.45) is 5.92 Å². The Labute approximate surface area is 162 Å². The lowest BCUT2D eigenvalue weighted by Gasteiger charge is -2.27. The second kappa shape index (κ2) is 7.56. The number of nitrogens with zero attached hydrogens (tertiary/aromatic N) is 2. The van der Waals surface area contributed by atoms with E-state index >= 15 is 0 Å². The topological polar surface area (TPSA) is 67.3 Å². The average Bonchev–Trinajstić information content (AvgIpc) is 3.00. The van der Waals surface area contributed by atoms with Crippen molar-refractivity contribution in [2.45, 2.75) is 12.6 Å². The van der Waals surface area contributed by atoms with Crippen LogP contribution in [0.4, 0.5) is 0 Å². The molecular weight excluding hydrogens is 352 g/mol. The predicted octanol–water partition coefficient (Wildman–Crippen LogP) is 3.23. The molecule has 0 radical (unpaired) electrons. The summed E-state index contributed by atoms with van der Waals surface area (Å²) >= 11 is 0. The summed E-state index contributed by atoms with van der Waals surface area (Å²) in [4.78, 5) is 44.5. The van der Waals surface area contributed by atoms with E-state index in [-0.39, 0.29) is 12.3 Å². The van der Waals surface area contributed by atoms with Gasteiger partial charge in [0.1, 0.15) is 5.92 Å². The van der Waals surface area contributed by atoms with E-state index in [4.69, 9.17) is 0 Å². The zero-order valence-corrected chi connectivity index (χ0v) is 15.1. The van der Waals surface area contributed by atoms with Crippen LogP contribution in [0.3, 0.4) is 0 Å². The number of hydrogen-bond acceptors (Lipinski definition) is 4. The first kappa shape index (κ1) is 17.8.